The van der Waals surface area contributed by atoms with Crippen LogP contribution in [0.3, 0.4) is 0 Å². The van der Waals surface area contributed by atoms with Crippen LogP contribution in [0.1, 0.15) is 22.0 Å². The lowest BCUT2D eigenvalue weighted by molar-refractivity contribution is -0.126. The lowest BCUT2D eigenvalue weighted by Gasteiger charge is -2.15. The second kappa shape index (κ2) is 6.62. The summed E-state index contributed by atoms with van der Waals surface area (Å²) in [5, 5.41) is 11.5. The minimum atomic E-state index is -1.11. The van der Waals surface area contributed by atoms with E-state index in [2.05, 4.69) is 10.3 Å². The van der Waals surface area contributed by atoms with Crippen LogP contribution in [0.2, 0.25) is 0 Å². The third kappa shape index (κ3) is 3.64. The molecule has 0 spiro atoms. The van der Waals surface area contributed by atoms with Gasteiger partial charge in [-0.05, 0) is 11.6 Å². The van der Waals surface area contributed by atoms with Gasteiger partial charge in [-0.25, -0.2) is 4.79 Å². The minimum absolute atomic E-state index is 0.00137. The van der Waals surface area contributed by atoms with Gasteiger partial charge in [0.2, 0.25) is 0 Å². The van der Waals surface area contributed by atoms with E-state index in [4.69, 9.17) is 9.84 Å². The van der Waals surface area contributed by atoms with Crippen molar-refractivity contribution in [3.63, 3.8) is 0 Å². The van der Waals surface area contributed by atoms with Crippen molar-refractivity contribution < 1.29 is 19.4 Å². The number of carboxylic acids is 1. The van der Waals surface area contributed by atoms with E-state index in [0.29, 0.717) is 11.3 Å². The Bertz CT molecular complexity index is 643. The summed E-state index contributed by atoms with van der Waals surface area (Å²) >= 11 is 0. The number of hydrogen-bond acceptors (Lipinski definition) is 4. The van der Waals surface area contributed by atoms with Crippen LogP contribution in [-0.4, -0.2) is 29.1 Å². The van der Waals surface area contributed by atoms with Crippen LogP contribution in [-0.2, 0) is 9.53 Å². The molecule has 0 radical (unpaired) electrons. The van der Waals surface area contributed by atoms with E-state index in [9.17, 15) is 9.59 Å². The van der Waals surface area contributed by atoms with Crippen molar-refractivity contribution in [1.82, 2.24) is 4.98 Å². The van der Waals surface area contributed by atoms with E-state index in [1.807, 2.05) is 6.07 Å². The number of methoxy groups -OCH3 is 1. The van der Waals surface area contributed by atoms with Crippen LogP contribution in [0.5, 0.6) is 0 Å². The van der Waals surface area contributed by atoms with Crippen LogP contribution < -0.4 is 5.32 Å². The fraction of sp³-hybridized carbons (Fsp3) is 0.133. The number of ether oxygens (including phenoxy) is 1. The molecule has 0 aliphatic carbocycles. The van der Waals surface area contributed by atoms with Gasteiger partial charge in [0.15, 0.2) is 6.10 Å². The number of amides is 1. The third-order valence-corrected chi connectivity index (χ3v) is 2.83. The molecule has 2 rings (SSSR count). The average Bonchev–Trinajstić information content (AvgIpc) is 2.49. The number of anilines is 1. The number of rotatable bonds is 5. The molecule has 1 aromatic carbocycles. The van der Waals surface area contributed by atoms with Crippen LogP contribution in [0, 0.1) is 0 Å². The van der Waals surface area contributed by atoms with Crippen molar-refractivity contribution in [1.29, 1.82) is 0 Å². The molecule has 1 atom stereocenters. The SMILES string of the molecule is COC(C(=O)Nc1cncc(C(=O)O)c1)c1ccccc1. The fourth-order valence-corrected chi connectivity index (χ4v) is 1.86. The Balaban J connectivity index is 2.16. The molecule has 6 nitrogen and oxygen atoms in total. The van der Waals surface area contributed by atoms with Crippen LogP contribution in [0.4, 0.5) is 5.69 Å². The minimum Gasteiger partial charge on any atom is -0.478 e. The van der Waals surface area contributed by atoms with Crippen molar-refractivity contribution in [2.24, 2.45) is 0 Å². The number of nitrogens with one attached hydrogen (secondary N) is 1. The molecule has 0 saturated carbocycles. The fourth-order valence-electron chi connectivity index (χ4n) is 1.86. The van der Waals surface area contributed by atoms with Crippen LogP contribution in [0.25, 0.3) is 0 Å². The quantitative estimate of drug-likeness (QED) is 0.878. The maximum Gasteiger partial charge on any atom is 0.337 e. The zero-order valence-corrected chi connectivity index (χ0v) is 11.3. The molecule has 0 saturated heterocycles. The third-order valence-electron chi connectivity index (χ3n) is 2.83. The summed E-state index contributed by atoms with van der Waals surface area (Å²) in [5.74, 6) is -1.50. The van der Waals surface area contributed by atoms with Crippen molar-refractivity contribution in [2.45, 2.75) is 6.10 Å². The largest absolute Gasteiger partial charge is 0.478 e. The number of nitrogens with zero attached hydrogens (tertiary/aromatic N) is 1. The molecule has 2 aromatic rings. The van der Waals surface area contributed by atoms with E-state index in [-0.39, 0.29) is 5.56 Å². The molecule has 0 fully saturated rings. The van der Waals surface area contributed by atoms with Gasteiger partial charge < -0.3 is 15.2 Å². The number of pyridine rings is 1. The number of carboxylic acid groups (broad SMARTS) is 1. The van der Waals surface area contributed by atoms with Crippen LogP contribution >= 0.6 is 0 Å². The van der Waals surface area contributed by atoms with E-state index < -0.39 is 18.0 Å². The highest BCUT2D eigenvalue weighted by molar-refractivity contribution is 5.96. The summed E-state index contributed by atoms with van der Waals surface area (Å²) in [4.78, 5) is 26.9. The van der Waals surface area contributed by atoms with Gasteiger partial charge in [-0.2, -0.15) is 0 Å². The summed E-state index contributed by atoms with van der Waals surface area (Å²) < 4.78 is 5.20. The molecule has 6 heteroatoms. The number of carbonyl (C=O) groups excluding carboxylic acids is 1. The van der Waals surface area contributed by atoms with Gasteiger partial charge in [-0.3, -0.25) is 9.78 Å². The molecule has 1 unspecified atom stereocenters. The van der Waals surface area contributed by atoms with Gasteiger partial charge in [0.25, 0.3) is 5.91 Å². The molecular formula is C15H14N2O4. The maximum atomic E-state index is 12.2. The number of carbonyl (C=O) groups is 2. The Morgan fingerprint density at radius 1 is 1.24 bits per heavy atom. The summed E-state index contributed by atoms with van der Waals surface area (Å²) in [6.45, 7) is 0. The normalized spacial score (nSPS) is 11.7. The molecule has 21 heavy (non-hydrogen) atoms. The number of aromatic carboxylic acids is 1. The molecule has 0 aliphatic heterocycles. The highest BCUT2D eigenvalue weighted by Gasteiger charge is 2.20. The first-order chi connectivity index (χ1) is 10.1. The Hall–Kier alpha value is -2.73. The number of aromatic nitrogens is 1. The summed E-state index contributed by atoms with van der Waals surface area (Å²) in [6.07, 6.45) is 1.81. The molecule has 0 bridgehead atoms. The lowest BCUT2D eigenvalue weighted by atomic mass is 10.1. The second-order valence-corrected chi connectivity index (χ2v) is 4.28. The van der Waals surface area contributed by atoms with Crippen molar-refractivity contribution in [3.8, 4) is 0 Å². The number of hydrogen-bond donors (Lipinski definition) is 2. The molecular weight excluding hydrogens is 272 g/mol. The lowest BCUT2D eigenvalue weighted by Crippen LogP contribution is -2.22. The number of benzene rings is 1. The zero-order valence-electron chi connectivity index (χ0n) is 11.3. The topological polar surface area (TPSA) is 88.5 Å². The first kappa shape index (κ1) is 14.7. The maximum absolute atomic E-state index is 12.2. The second-order valence-electron chi connectivity index (χ2n) is 4.28. The highest BCUT2D eigenvalue weighted by atomic mass is 16.5. The van der Waals surface area contributed by atoms with Crippen molar-refractivity contribution in [3.05, 3.63) is 59.9 Å². The van der Waals surface area contributed by atoms with Crippen LogP contribution in [0.15, 0.2) is 48.8 Å². The van der Waals surface area contributed by atoms with E-state index in [1.54, 1.807) is 24.3 Å². The Labute approximate surface area is 121 Å². The standard InChI is InChI=1S/C15H14N2O4/c1-21-13(10-5-3-2-4-6-10)14(18)17-12-7-11(15(19)20)8-16-9-12/h2-9,13H,1H3,(H,17,18)(H,19,20). The molecule has 1 amide bonds. The zero-order chi connectivity index (χ0) is 15.2. The molecule has 0 aliphatic rings. The predicted octanol–water partition coefficient (Wildman–Crippen LogP) is 2.11. The van der Waals surface area contributed by atoms with Crippen molar-refractivity contribution in [2.75, 3.05) is 12.4 Å². The van der Waals surface area contributed by atoms with Crippen molar-refractivity contribution >= 4 is 17.6 Å². The summed E-state index contributed by atoms with van der Waals surface area (Å²) in [6, 6.07) is 10.3. The van der Waals surface area contributed by atoms with Gasteiger partial charge >= 0.3 is 5.97 Å². The molecule has 1 aromatic heterocycles. The van der Waals surface area contributed by atoms with Gasteiger partial charge in [-0.15, -0.1) is 0 Å². The van der Waals surface area contributed by atoms with Gasteiger partial charge in [0, 0.05) is 13.3 Å². The van der Waals surface area contributed by atoms with Gasteiger partial charge in [-0.1, -0.05) is 30.3 Å². The average molecular weight is 286 g/mol. The first-order valence-corrected chi connectivity index (χ1v) is 6.18. The Morgan fingerprint density at radius 3 is 2.57 bits per heavy atom. The van der Waals surface area contributed by atoms with E-state index >= 15 is 0 Å². The van der Waals surface area contributed by atoms with E-state index in [0.717, 1.165) is 0 Å². The highest BCUT2D eigenvalue weighted by Crippen LogP contribution is 2.19. The summed E-state index contributed by atoms with van der Waals surface area (Å²) in [5.41, 5.74) is 1.01. The monoisotopic (exact) mass is 286 g/mol. The predicted molar refractivity (Wildman–Crippen MR) is 76.0 cm³/mol. The van der Waals surface area contributed by atoms with E-state index in [1.165, 1.54) is 25.6 Å². The van der Waals surface area contributed by atoms with Gasteiger partial charge in [0.1, 0.15) is 0 Å². The Kier molecular flexibility index (Phi) is 4.63. The molecule has 2 N–H and O–H groups in total. The first-order valence-electron chi connectivity index (χ1n) is 6.18. The summed E-state index contributed by atoms with van der Waals surface area (Å²) in [7, 11) is 1.43. The van der Waals surface area contributed by atoms with Gasteiger partial charge in [0.05, 0.1) is 17.4 Å². The smallest absolute Gasteiger partial charge is 0.337 e. The Morgan fingerprint density at radius 2 is 1.95 bits per heavy atom. The molecule has 108 valence electrons. The molecule has 1 heterocycles.